The number of ether oxygens (including phenoxy) is 1. The molecule has 1 aliphatic heterocycles. The van der Waals surface area contributed by atoms with Crippen molar-refractivity contribution in [2.24, 2.45) is 0 Å². The van der Waals surface area contributed by atoms with E-state index in [-0.39, 0.29) is 24.8 Å². The van der Waals surface area contributed by atoms with Crippen LogP contribution in [0.4, 0.5) is 5.69 Å². The number of thioether (sulfide) groups is 1. The number of amides is 1. The lowest BCUT2D eigenvalue weighted by atomic mass is 10.2. The van der Waals surface area contributed by atoms with Crippen LogP contribution in [-0.2, 0) is 11.4 Å². The highest BCUT2D eigenvalue weighted by molar-refractivity contribution is 8.00. The van der Waals surface area contributed by atoms with Gasteiger partial charge in [-0.2, -0.15) is 4.68 Å². The first-order chi connectivity index (χ1) is 13.6. The third kappa shape index (κ3) is 4.07. The number of nitrogens with one attached hydrogen (secondary N) is 1. The van der Waals surface area contributed by atoms with E-state index in [1.54, 1.807) is 12.1 Å². The molecule has 1 N–H and O–H groups in total. The monoisotopic (exact) mass is 394 g/mol. The summed E-state index contributed by atoms with van der Waals surface area (Å²) < 4.78 is 6.92. The third-order valence-electron chi connectivity index (χ3n) is 4.17. The minimum Gasteiger partial charge on any atom is -0.486 e. The van der Waals surface area contributed by atoms with Gasteiger partial charge in [0.15, 0.2) is 11.0 Å². The molecule has 7 nitrogen and oxygen atoms in total. The number of para-hydroxylation sites is 1. The van der Waals surface area contributed by atoms with Crippen LogP contribution in [0.3, 0.4) is 0 Å². The normalized spacial score (nSPS) is 15.3. The zero-order chi connectivity index (χ0) is 19.5. The van der Waals surface area contributed by atoms with Crippen LogP contribution in [0.1, 0.15) is 22.6 Å². The summed E-state index contributed by atoms with van der Waals surface area (Å²) in [6.07, 6.45) is 0.0681. The number of benzene rings is 2. The van der Waals surface area contributed by atoms with Gasteiger partial charge in [0.1, 0.15) is 17.6 Å². The Morgan fingerprint density at radius 3 is 2.64 bits per heavy atom. The molecule has 1 aromatic heterocycles. The number of rotatable bonds is 6. The number of aryl methyl sites for hydroxylation is 1. The van der Waals surface area contributed by atoms with Crippen molar-refractivity contribution in [1.29, 1.82) is 0 Å². The number of nitrogens with zero attached hydrogens (tertiary/aromatic N) is 3. The van der Waals surface area contributed by atoms with Gasteiger partial charge >= 0.3 is 0 Å². The number of anilines is 1. The third-order valence-corrected chi connectivity index (χ3v) is 5.30. The molecular formula is C20H18N4O3S. The summed E-state index contributed by atoms with van der Waals surface area (Å²) in [7, 11) is 0. The van der Waals surface area contributed by atoms with Crippen molar-refractivity contribution in [3.8, 4) is 5.75 Å². The molecule has 28 heavy (non-hydrogen) atoms. The lowest BCUT2D eigenvalue weighted by molar-refractivity contribution is -0.116. The zero-order valence-corrected chi connectivity index (χ0v) is 16.0. The van der Waals surface area contributed by atoms with E-state index in [0.717, 1.165) is 11.3 Å². The van der Waals surface area contributed by atoms with Crippen LogP contribution in [-0.4, -0.2) is 31.8 Å². The topological polar surface area (TPSA) is 86.1 Å². The van der Waals surface area contributed by atoms with Crippen LogP contribution < -0.4 is 10.1 Å². The Bertz CT molecular complexity index is 1000. The standard InChI is InChI=1S/C20H18N4O3S/c1-13-7-9-15(10-8-13)27-12-17-22-20-24(23-17)19(26)16(28-20)11-18(25)21-14-5-3-2-4-6-14/h2-10,16H,11-12H2,1H3,(H,21,25). The molecule has 0 spiro atoms. The second kappa shape index (κ2) is 7.85. The van der Waals surface area contributed by atoms with Gasteiger partial charge in [-0.05, 0) is 31.2 Å². The highest BCUT2D eigenvalue weighted by atomic mass is 32.2. The van der Waals surface area contributed by atoms with Gasteiger partial charge in [0.25, 0.3) is 5.91 Å². The molecule has 4 rings (SSSR count). The molecule has 0 saturated heterocycles. The van der Waals surface area contributed by atoms with Crippen LogP contribution in [0, 0.1) is 6.92 Å². The summed E-state index contributed by atoms with van der Waals surface area (Å²) in [5.41, 5.74) is 1.85. The molecule has 2 aromatic carbocycles. The van der Waals surface area contributed by atoms with Crippen LogP contribution in [0.5, 0.6) is 5.75 Å². The van der Waals surface area contributed by atoms with Crippen LogP contribution in [0.25, 0.3) is 0 Å². The molecule has 0 saturated carbocycles. The highest BCUT2D eigenvalue weighted by Crippen LogP contribution is 2.32. The molecule has 142 valence electrons. The van der Waals surface area contributed by atoms with E-state index in [1.165, 1.54) is 16.4 Å². The van der Waals surface area contributed by atoms with Gasteiger partial charge in [-0.25, -0.2) is 4.98 Å². The Labute approximate surface area is 166 Å². The van der Waals surface area contributed by atoms with E-state index in [2.05, 4.69) is 15.4 Å². The molecule has 0 fully saturated rings. The zero-order valence-electron chi connectivity index (χ0n) is 15.2. The van der Waals surface area contributed by atoms with E-state index in [0.29, 0.717) is 16.7 Å². The molecule has 0 aliphatic carbocycles. The lowest BCUT2D eigenvalue weighted by Gasteiger charge is -2.08. The smallest absolute Gasteiger partial charge is 0.263 e. The van der Waals surface area contributed by atoms with E-state index >= 15 is 0 Å². The number of carbonyl (C=O) groups is 2. The average Bonchev–Trinajstić information content (AvgIpc) is 3.21. The van der Waals surface area contributed by atoms with Crippen molar-refractivity contribution in [3.05, 3.63) is 66.0 Å². The van der Waals surface area contributed by atoms with Gasteiger partial charge in [0.05, 0.1) is 0 Å². The van der Waals surface area contributed by atoms with Crippen molar-refractivity contribution < 1.29 is 14.3 Å². The number of hydrogen-bond acceptors (Lipinski definition) is 6. The maximum absolute atomic E-state index is 12.5. The summed E-state index contributed by atoms with van der Waals surface area (Å²) >= 11 is 1.25. The lowest BCUT2D eigenvalue weighted by Crippen LogP contribution is -2.25. The van der Waals surface area contributed by atoms with E-state index in [9.17, 15) is 9.59 Å². The quantitative estimate of drug-likeness (QED) is 0.690. The summed E-state index contributed by atoms with van der Waals surface area (Å²) in [4.78, 5) is 29.1. The molecule has 1 atom stereocenters. The minimum atomic E-state index is -0.522. The second-order valence-corrected chi connectivity index (χ2v) is 7.56. The molecule has 1 unspecified atom stereocenters. The molecular weight excluding hydrogens is 376 g/mol. The van der Waals surface area contributed by atoms with E-state index in [1.807, 2.05) is 49.4 Å². The average molecular weight is 394 g/mol. The van der Waals surface area contributed by atoms with E-state index < -0.39 is 5.25 Å². The first kappa shape index (κ1) is 18.2. The fourth-order valence-corrected chi connectivity index (χ4v) is 3.83. The second-order valence-electron chi connectivity index (χ2n) is 6.39. The summed E-state index contributed by atoms with van der Waals surface area (Å²) in [6, 6.07) is 16.8. The van der Waals surface area contributed by atoms with Gasteiger partial charge in [0, 0.05) is 12.1 Å². The van der Waals surface area contributed by atoms with Crippen molar-refractivity contribution in [1.82, 2.24) is 14.8 Å². The first-order valence-corrected chi connectivity index (χ1v) is 9.67. The fourth-order valence-electron chi connectivity index (χ4n) is 2.75. The number of carbonyl (C=O) groups excluding carboxylic acids is 2. The van der Waals surface area contributed by atoms with Crippen molar-refractivity contribution in [2.45, 2.75) is 30.4 Å². The van der Waals surface area contributed by atoms with Crippen molar-refractivity contribution >= 4 is 29.3 Å². The Kier molecular flexibility index (Phi) is 5.12. The Morgan fingerprint density at radius 2 is 1.93 bits per heavy atom. The SMILES string of the molecule is Cc1ccc(OCc2nc3n(n2)C(=O)C(CC(=O)Nc2ccccc2)S3)cc1. The molecule has 1 amide bonds. The summed E-state index contributed by atoms with van der Waals surface area (Å²) in [5.74, 6) is 0.696. The molecule has 0 radical (unpaired) electrons. The molecule has 1 aliphatic rings. The van der Waals surface area contributed by atoms with Gasteiger partial charge < -0.3 is 10.1 Å². The Hall–Kier alpha value is -3.13. The highest BCUT2D eigenvalue weighted by Gasteiger charge is 2.36. The predicted octanol–water partition coefficient (Wildman–Crippen LogP) is 3.31. The van der Waals surface area contributed by atoms with Gasteiger partial charge in [0.2, 0.25) is 5.91 Å². The summed E-state index contributed by atoms with van der Waals surface area (Å²) in [5, 5.41) is 6.98. The Balaban J connectivity index is 1.34. The number of hydrogen-bond donors (Lipinski definition) is 1. The van der Waals surface area contributed by atoms with Crippen LogP contribution >= 0.6 is 11.8 Å². The molecule has 2 heterocycles. The van der Waals surface area contributed by atoms with Gasteiger partial charge in [-0.3, -0.25) is 9.59 Å². The maximum atomic E-state index is 12.5. The van der Waals surface area contributed by atoms with Crippen molar-refractivity contribution in [3.63, 3.8) is 0 Å². The van der Waals surface area contributed by atoms with Gasteiger partial charge in [-0.15, -0.1) is 5.10 Å². The van der Waals surface area contributed by atoms with E-state index in [4.69, 9.17) is 4.74 Å². The van der Waals surface area contributed by atoms with Crippen LogP contribution in [0.2, 0.25) is 0 Å². The fraction of sp³-hybridized carbons (Fsp3) is 0.200. The largest absolute Gasteiger partial charge is 0.486 e. The number of aromatic nitrogens is 3. The minimum absolute atomic E-state index is 0.0681. The predicted molar refractivity (Wildman–Crippen MR) is 105 cm³/mol. The maximum Gasteiger partial charge on any atom is 0.263 e. The molecule has 3 aromatic rings. The first-order valence-electron chi connectivity index (χ1n) is 8.79. The van der Waals surface area contributed by atoms with Gasteiger partial charge in [-0.1, -0.05) is 47.7 Å². The van der Waals surface area contributed by atoms with Crippen LogP contribution in [0.15, 0.2) is 59.8 Å². The Morgan fingerprint density at radius 1 is 1.18 bits per heavy atom. The molecule has 8 heteroatoms. The van der Waals surface area contributed by atoms with Crippen molar-refractivity contribution in [2.75, 3.05) is 5.32 Å². The number of fused-ring (bicyclic) bond motifs is 1. The molecule has 0 bridgehead atoms. The summed E-state index contributed by atoms with van der Waals surface area (Å²) in [6.45, 7) is 2.18.